The summed E-state index contributed by atoms with van der Waals surface area (Å²) in [5, 5.41) is 10.6. The number of esters is 4. The van der Waals surface area contributed by atoms with E-state index in [1.54, 1.807) is 0 Å². The van der Waals surface area contributed by atoms with Crippen molar-refractivity contribution in [3.05, 3.63) is 48.6 Å². The van der Waals surface area contributed by atoms with Crippen LogP contribution in [0.3, 0.4) is 0 Å². The van der Waals surface area contributed by atoms with Gasteiger partial charge in [-0.2, -0.15) is 0 Å². The van der Waals surface area contributed by atoms with Crippen LogP contribution in [-0.4, -0.2) is 96.7 Å². The van der Waals surface area contributed by atoms with Crippen LogP contribution in [0.2, 0.25) is 0 Å². The molecule has 5 unspecified atom stereocenters. The predicted molar refractivity (Wildman–Crippen MR) is 381 cm³/mol. The quantitative estimate of drug-likeness (QED) is 0.0169. The molecule has 94 heavy (non-hydrogen) atoms. The van der Waals surface area contributed by atoms with Gasteiger partial charge in [0.05, 0.1) is 26.4 Å². The molecule has 0 radical (unpaired) electrons. The maximum Gasteiger partial charge on any atom is 0.472 e. The smallest absolute Gasteiger partial charge is 0.462 e. The van der Waals surface area contributed by atoms with Crippen LogP contribution >= 0.6 is 15.6 Å². The Morgan fingerprint density at radius 3 is 0.894 bits per heavy atom. The number of carbonyl (C=O) groups is 4. The van der Waals surface area contributed by atoms with E-state index in [2.05, 4.69) is 76.3 Å². The van der Waals surface area contributed by atoms with Crippen LogP contribution in [0, 0.1) is 0 Å². The zero-order valence-electron chi connectivity index (χ0n) is 59.9. The van der Waals surface area contributed by atoms with Crippen molar-refractivity contribution < 1.29 is 80.2 Å². The van der Waals surface area contributed by atoms with Gasteiger partial charge in [-0.05, 0) is 77.0 Å². The molecular formula is C75H138O17P2. The summed E-state index contributed by atoms with van der Waals surface area (Å²) in [6.07, 6.45) is 63.9. The number of aliphatic hydroxyl groups is 1. The average Bonchev–Trinajstić information content (AvgIpc) is 1.55. The van der Waals surface area contributed by atoms with Crippen molar-refractivity contribution in [3.63, 3.8) is 0 Å². The van der Waals surface area contributed by atoms with Crippen molar-refractivity contribution in [1.29, 1.82) is 0 Å². The van der Waals surface area contributed by atoms with Crippen LogP contribution in [0.1, 0.15) is 349 Å². The fraction of sp³-hybridized carbons (Fsp3) is 0.840. The summed E-state index contributed by atoms with van der Waals surface area (Å²) in [7, 11) is -9.93. The van der Waals surface area contributed by atoms with E-state index >= 15 is 0 Å². The molecule has 0 amide bonds. The molecule has 0 aromatic heterocycles. The van der Waals surface area contributed by atoms with Crippen LogP contribution < -0.4 is 0 Å². The molecule has 0 aromatic rings. The minimum Gasteiger partial charge on any atom is -0.462 e. The molecule has 0 heterocycles. The van der Waals surface area contributed by atoms with E-state index in [0.717, 1.165) is 135 Å². The summed E-state index contributed by atoms with van der Waals surface area (Å²) < 4.78 is 68.4. The number of phosphoric acid groups is 2. The van der Waals surface area contributed by atoms with E-state index in [1.165, 1.54) is 135 Å². The van der Waals surface area contributed by atoms with Gasteiger partial charge in [0.2, 0.25) is 0 Å². The molecule has 0 bridgehead atoms. The van der Waals surface area contributed by atoms with Crippen molar-refractivity contribution in [2.24, 2.45) is 0 Å². The summed E-state index contributed by atoms with van der Waals surface area (Å²) >= 11 is 0. The van der Waals surface area contributed by atoms with E-state index in [4.69, 9.17) is 37.0 Å². The fourth-order valence-electron chi connectivity index (χ4n) is 10.5. The second-order valence-corrected chi connectivity index (χ2v) is 28.5. The van der Waals surface area contributed by atoms with Crippen molar-refractivity contribution >= 4 is 39.5 Å². The van der Waals surface area contributed by atoms with Gasteiger partial charge in [0, 0.05) is 25.7 Å². The summed E-state index contributed by atoms with van der Waals surface area (Å²) in [4.78, 5) is 72.7. The Balaban J connectivity index is 5.28. The lowest BCUT2D eigenvalue weighted by Gasteiger charge is -2.21. The maximum absolute atomic E-state index is 13.0. The first-order chi connectivity index (χ1) is 45.7. The SMILES string of the molecule is CC/C=C\C/C=C\C/C=C\CCCCCCCC(=O)OCC(COP(=O)(O)OCC(O)COP(=O)(O)OCC(COC(=O)CCCCCCCCCCCCCCCCC)OC(=O)CCCCCCC/C=C\CCCC)OC(=O)CCCCCCCCCCCCCCC. The molecule has 0 fully saturated rings. The molecule has 0 aromatic carbocycles. The second-order valence-electron chi connectivity index (χ2n) is 25.6. The largest absolute Gasteiger partial charge is 0.472 e. The molecule has 0 aliphatic heterocycles. The third kappa shape index (κ3) is 67.6. The maximum atomic E-state index is 13.0. The Bertz CT molecular complexity index is 1980. The number of phosphoric ester groups is 2. The first-order valence-corrected chi connectivity index (χ1v) is 40.9. The molecule has 550 valence electrons. The number of rotatable bonds is 72. The molecule has 0 spiro atoms. The van der Waals surface area contributed by atoms with Gasteiger partial charge < -0.3 is 33.8 Å². The monoisotopic (exact) mass is 1370 g/mol. The predicted octanol–water partition coefficient (Wildman–Crippen LogP) is 21.3. The Labute approximate surface area is 572 Å². The van der Waals surface area contributed by atoms with E-state index in [1.807, 2.05) is 0 Å². The minimum absolute atomic E-state index is 0.0908. The van der Waals surface area contributed by atoms with Crippen LogP contribution in [0.25, 0.3) is 0 Å². The van der Waals surface area contributed by atoms with Crippen molar-refractivity contribution in [1.82, 2.24) is 0 Å². The third-order valence-corrected chi connectivity index (χ3v) is 18.2. The summed E-state index contributed by atoms with van der Waals surface area (Å²) in [6.45, 7) is 4.76. The van der Waals surface area contributed by atoms with Gasteiger partial charge >= 0.3 is 39.5 Å². The number of ether oxygens (including phenoxy) is 4. The molecule has 5 atom stereocenters. The topological polar surface area (TPSA) is 237 Å². The lowest BCUT2D eigenvalue weighted by Crippen LogP contribution is -2.30. The normalized spacial score (nSPS) is 14.2. The van der Waals surface area contributed by atoms with E-state index in [-0.39, 0.29) is 25.7 Å². The Hall–Kier alpha value is -2.98. The third-order valence-electron chi connectivity index (χ3n) is 16.3. The highest BCUT2D eigenvalue weighted by Gasteiger charge is 2.30. The molecule has 17 nitrogen and oxygen atoms in total. The first-order valence-electron chi connectivity index (χ1n) is 37.9. The second kappa shape index (κ2) is 68.5. The molecule has 0 saturated carbocycles. The summed E-state index contributed by atoms with van der Waals surface area (Å²) in [5.74, 6) is -2.17. The van der Waals surface area contributed by atoms with Crippen molar-refractivity contribution in [2.75, 3.05) is 39.6 Å². The lowest BCUT2D eigenvalue weighted by molar-refractivity contribution is -0.161. The standard InChI is InChI=1S/C75H138O17P2/c1-5-9-13-17-21-25-29-32-34-37-40-43-47-51-55-59-72(77)85-65-70(91-74(79)61-57-53-49-45-39-28-24-20-16-12-8-4)67-89-93(81,82)87-63-69(76)64-88-94(83,84)90-68-71(92-75(80)62-58-54-50-46-42-36-31-27-23-19-15-11-7-3)66-86-73(78)60-56-52-48-44-41-38-35-33-30-26-22-18-14-10-6-2/h10,14,20,22,24,26,33,35,69-71,76H,5-9,11-13,15-19,21,23,25,27-32,34,36-68H2,1-4H3,(H,81,82)(H,83,84)/b14-10-,24-20-,26-22-,35-33-. The van der Waals surface area contributed by atoms with Crippen LogP contribution in [0.5, 0.6) is 0 Å². The zero-order chi connectivity index (χ0) is 69.0. The van der Waals surface area contributed by atoms with E-state index in [0.29, 0.717) is 25.7 Å². The highest BCUT2D eigenvalue weighted by atomic mass is 31.2. The number of unbranched alkanes of at least 4 members (excludes halogenated alkanes) is 38. The Morgan fingerprint density at radius 2 is 0.564 bits per heavy atom. The molecule has 0 aliphatic carbocycles. The zero-order valence-corrected chi connectivity index (χ0v) is 61.7. The minimum atomic E-state index is -4.97. The highest BCUT2D eigenvalue weighted by Crippen LogP contribution is 2.45. The first kappa shape index (κ1) is 91.0. The molecule has 0 aliphatic rings. The Kier molecular flexibility index (Phi) is 66.4. The van der Waals surface area contributed by atoms with E-state index < -0.39 is 97.5 Å². The number of aliphatic hydroxyl groups excluding tert-OH is 1. The van der Waals surface area contributed by atoms with Gasteiger partial charge in [-0.15, -0.1) is 0 Å². The molecule has 0 saturated heterocycles. The summed E-state index contributed by atoms with van der Waals surface area (Å²) in [5.41, 5.74) is 0. The van der Waals surface area contributed by atoms with Crippen LogP contribution in [0.15, 0.2) is 48.6 Å². The van der Waals surface area contributed by atoms with Gasteiger partial charge in [-0.3, -0.25) is 37.3 Å². The molecule has 19 heteroatoms. The average molecular weight is 1370 g/mol. The number of allylic oxidation sites excluding steroid dienone is 8. The van der Waals surface area contributed by atoms with Crippen LogP contribution in [0.4, 0.5) is 0 Å². The van der Waals surface area contributed by atoms with Gasteiger partial charge in [0.1, 0.15) is 19.3 Å². The van der Waals surface area contributed by atoms with Gasteiger partial charge in [-0.1, -0.05) is 295 Å². The summed E-state index contributed by atoms with van der Waals surface area (Å²) in [6, 6.07) is 0. The number of hydrogen-bond acceptors (Lipinski definition) is 15. The van der Waals surface area contributed by atoms with Gasteiger partial charge in [0.15, 0.2) is 12.2 Å². The van der Waals surface area contributed by atoms with Crippen molar-refractivity contribution in [2.45, 2.75) is 367 Å². The molecule has 0 rings (SSSR count). The van der Waals surface area contributed by atoms with Crippen molar-refractivity contribution in [3.8, 4) is 0 Å². The molecular weight excluding hydrogens is 1230 g/mol. The van der Waals surface area contributed by atoms with Crippen LogP contribution in [-0.2, 0) is 65.4 Å². The Morgan fingerprint density at radius 1 is 0.309 bits per heavy atom. The van der Waals surface area contributed by atoms with E-state index in [9.17, 15) is 43.2 Å². The lowest BCUT2D eigenvalue weighted by atomic mass is 10.0. The number of hydrogen-bond donors (Lipinski definition) is 3. The highest BCUT2D eigenvalue weighted by molar-refractivity contribution is 7.47. The van der Waals surface area contributed by atoms with Gasteiger partial charge in [-0.25, -0.2) is 9.13 Å². The fourth-order valence-corrected chi connectivity index (χ4v) is 12.1. The number of carbonyl (C=O) groups excluding carboxylic acids is 4. The van der Waals surface area contributed by atoms with Gasteiger partial charge in [0.25, 0.3) is 0 Å². The molecule has 3 N–H and O–H groups in total.